The Hall–Kier alpha value is -2.71. The highest BCUT2D eigenvalue weighted by Gasteiger charge is 2.22. The standard InChI is InChI=1S/C26H35N5O3/c1-17-14-23-21(15-20(17)25(32)27-10-11-30(2)18-6-4-3-5-7-18)24-22(26(33)29-23)16-28-31(24)19-8-12-34-13-9-19/h14-16,18-19H,3-13H2,1-2H3,(H,27,32)(H,29,33). The second kappa shape index (κ2) is 9.88. The minimum atomic E-state index is -0.150. The fraction of sp³-hybridized carbons (Fsp3) is 0.577. The Balaban J connectivity index is 1.41. The summed E-state index contributed by atoms with van der Waals surface area (Å²) in [6.45, 7) is 4.76. The van der Waals surface area contributed by atoms with Crippen LogP contribution < -0.4 is 10.9 Å². The summed E-state index contributed by atoms with van der Waals surface area (Å²) in [5.41, 5.74) is 2.87. The molecule has 5 rings (SSSR count). The zero-order chi connectivity index (χ0) is 23.7. The predicted octanol–water partition coefficient (Wildman–Crippen LogP) is 3.53. The first-order valence-electron chi connectivity index (χ1n) is 12.6. The third kappa shape index (κ3) is 4.49. The van der Waals surface area contributed by atoms with Crippen molar-refractivity contribution in [3.8, 4) is 0 Å². The van der Waals surface area contributed by atoms with Gasteiger partial charge in [-0.1, -0.05) is 19.3 Å². The molecule has 8 heteroatoms. The van der Waals surface area contributed by atoms with Crippen LogP contribution >= 0.6 is 0 Å². The number of fused-ring (bicyclic) bond motifs is 3. The first-order chi connectivity index (χ1) is 16.5. The van der Waals surface area contributed by atoms with Gasteiger partial charge >= 0.3 is 0 Å². The van der Waals surface area contributed by atoms with E-state index in [9.17, 15) is 9.59 Å². The average Bonchev–Trinajstić information content (AvgIpc) is 3.31. The molecule has 182 valence electrons. The number of pyridine rings is 1. The van der Waals surface area contributed by atoms with Gasteiger partial charge < -0.3 is 19.9 Å². The molecule has 0 unspecified atom stereocenters. The van der Waals surface area contributed by atoms with Gasteiger partial charge in [-0.2, -0.15) is 5.10 Å². The molecule has 1 aromatic carbocycles. The zero-order valence-corrected chi connectivity index (χ0v) is 20.2. The topological polar surface area (TPSA) is 92.2 Å². The molecule has 1 aliphatic heterocycles. The van der Waals surface area contributed by atoms with E-state index in [1.54, 1.807) is 6.20 Å². The van der Waals surface area contributed by atoms with Gasteiger partial charge in [-0.3, -0.25) is 14.3 Å². The van der Waals surface area contributed by atoms with Gasteiger partial charge in [0.2, 0.25) is 0 Å². The summed E-state index contributed by atoms with van der Waals surface area (Å²) in [5.74, 6) is -0.0760. The summed E-state index contributed by atoms with van der Waals surface area (Å²) >= 11 is 0. The Morgan fingerprint density at radius 2 is 1.94 bits per heavy atom. The summed E-state index contributed by atoms with van der Waals surface area (Å²) in [4.78, 5) is 31.3. The third-order valence-electron chi connectivity index (χ3n) is 7.64. The number of carbonyl (C=O) groups is 1. The Morgan fingerprint density at radius 3 is 2.71 bits per heavy atom. The van der Waals surface area contributed by atoms with Crippen LogP contribution in [0.5, 0.6) is 0 Å². The van der Waals surface area contributed by atoms with Gasteiger partial charge in [0.25, 0.3) is 11.5 Å². The molecular weight excluding hydrogens is 430 g/mol. The second-order valence-electron chi connectivity index (χ2n) is 9.89. The van der Waals surface area contributed by atoms with Crippen molar-refractivity contribution in [2.75, 3.05) is 33.4 Å². The van der Waals surface area contributed by atoms with Crippen molar-refractivity contribution in [2.24, 2.45) is 0 Å². The fourth-order valence-corrected chi connectivity index (χ4v) is 5.59. The van der Waals surface area contributed by atoms with Crippen LogP contribution in [0.15, 0.2) is 23.1 Å². The van der Waals surface area contributed by atoms with Gasteiger partial charge in [0.1, 0.15) is 0 Å². The summed E-state index contributed by atoms with van der Waals surface area (Å²) in [5, 5.41) is 9.10. The number of aromatic amines is 1. The van der Waals surface area contributed by atoms with Crippen molar-refractivity contribution in [3.05, 3.63) is 39.8 Å². The van der Waals surface area contributed by atoms with Crippen LogP contribution in [0.2, 0.25) is 0 Å². The highest BCUT2D eigenvalue weighted by Crippen LogP contribution is 2.30. The van der Waals surface area contributed by atoms with E-state index in [-0.39, 0.29) is 17.5 Å². The molecule has 1 aliphatic carbocycles. The van der Waals surface area contributed by atoms with Gasteiger partial charge in [-0.25, -0.2) is 0 Å². The number of amides is 1. The molecule has 2 N–H and O–H groups in total. The predicted molar refractivity (Wildman–Crippen MR) is 134 cm³/mol. The lowest BCUT2D eigenvalue weighted by Gasteiger charge is -2.31. The maximum Gasteiger partial charge on any atom is 0.259 e. The van der Waals surface area contributed by atoms with E-state index in [1.807, 2.05) is 23.7 Å². The lowest BCUT2D eigenvalue weighted by molar-refractivity contribution is 0.0675. The first-order valence-corrected chi connectivity index (χ1v) is 12.6. The van der Waals surface area contributed by atoms with Gasteiger partial charge in [0.15, 0.2) is 0 Å². The van der Waals surface area contributed by atoms with E-state index < -0.39 is 0 Å². The lowest BCUT2D eigenvalue weighted by Crippen LogP contribution is -2.39. The molecule has 0 atom stereocenters. The number of H-pyrrole nitrogens is 1. The van der Waals surface area contributed by atoms with Crippen molar-refractivity contribution in [2.45, 2.75) is 64.0 Å². The normalized spacial score (nSPS) is 18.2. The van der Waals surface area contributed by atoms with Crippen LogP contribution in [-0.2, 0) is 4.74 Å². The number of hydrogen-bond acceptors (Lipinski definition) is 5. The van der Waals surface area contributed by atoms with Gasteiger partial charge in [-0.05, 0) is 57.4 Å². The van der Waals surface area contributed by atoms with E-state index >= 15 is 0 Å². The van der Waals surface area contributed by atoms with Crippen molar-refractivity contribution in [3.63, 3.8) is 0 Å². The van der Waals surface area contributed by atoms with Gasteiger partial charge in [-0.15, -0.1) is 0 Å². The molecule has 1 saturated carbocycles. The largest absolute Gasteiger partial charge is 0.381 e. The van der Waals surface area contributed by atoms with E-state index in [0.717, 1.165) is 41.4 Å². The minimum Gasteiger partial charge on any atom is -0.381 e. The Kier molecular flexibility index (Phi) is 6.70. The number of aryl methyl sites for hydroxylation is 1. The number of likely N-dealkylation sites (N-methyl/N-ethyl adjacent to an activating group) is 1. The van der Waals surface area contributed by atoms with Crippen LogP contribution in [0.25, 0.3) is 21.8 Å². The molecule has 0 bridgehead atoms. The maximum atomic E-state index is 13.2. The quantitative estimate of drug-likeness (QED) is 0.581. The Morgan fingerprint density at radius 1 is 1.18 bits per heavy atom. The fourth-order valence-electron chi connectivity index (χ4n) is 5.59. The number of rotatable bonds is 6. The third-order valence-corrected chi connectivity index (χ3v) is 7.64. The van der Waals surface area contributed by atoms with Crippen molar-refractivity contribution >= 4 is 27.7 Å². The highest BCUT2D eigenvalue weighted by atomic mass is 16.5. The Labute approximate surface area is 199 Å². The van der Waals surface area contributed by atoms with E-state index in [2.05, 4.69) is 27.3 Å². The summed E-state index contributed by atoms with van der Waals surface area (Å²) in [7, 11) is 2.16. The van der Waals surface area contributed by atoms with E-state index in [1.165, 1.54) is 32.1 Å². The minimum absolute atomic E-state index is 0.0760. The summed E-state index contributed by atoms with van der Waals surface area (Å²) < 4.78 is 7.48. The number of aromatic nitrogens is 3. The van der Waals surface area contributed by atoms with Gasteiger partial charge in [0, 0.05) is 43.3 Å². The second-order valence-corrected chi connectivity index (χ2v) is 9.89. The molecular formula is C26H35N5O3. The number of ether oxygens (including phenoxy) is 1. The molecule has 3 heterocycles. The molecule has 8 nitrogen and oxygen atoms in total. The molecule has 1 saturated heterocycles. The summed E-state index contributed by atoms with van der Waals surface area (Å²) in [6, 6.07) is 4.63. The van der Waals surface area contributed by atoms with Crippen molar-refractivity contribution in [1.29, 1.82) is 0 Å². The Bertz CT molecular complexity index is 1230. The van der Waals surface area contributed by atoms with Crippen molar-refractivity contribution < 1.29 is 9.53 Å². The maximum absolute atomic E-state index is 13.2. The van der Waals surface area contributed by atoms with Crippen LogP contribution in [0.4, 0.5) is 0 Å². The number of nitrogens with one attached hydrogen (secondary N) is 2. The molecule has 3 aromatic rings. The van der Waals surface area contributed by atoms with E-state index in [4.69, 9.17) is 4.74 Å². The smallest absolute Gasteiger partial charge is 0.259 e. The molecule has 2 fully saturated rings. The van der Waals surface area contributed by atoms with Crippen LogP contribution in [-0.4, -0.2) is 65.0 Å². The number of carbonyl (C=O) groups excluding carboxylic acids is 1. The summed E-state index contributed by atoms with van der Waals surface area (Å²) in [6.07, 6.45) is 9.82. The average molecular weight is 466 g/mol. The molecule has 0 radical (unpaired) electrons. The van der Waals surface area contributed by atoms with E-state index in [0.29, 0.717) is 36.8 Å². The molecule has 34 heavy (non-hydrogen) atoms. The van der Waals surface area contributed by atoms with Crippen LogP contribution in [0, 0.1) is 6.92 Å². The zero-order valence-electron chi connectivity index (χ0n) is 20.2. The molecule has 2 aromatic heterocycles. The van der Waals surface area contributed by atoms with Crippen LogP contribution in [0.3, 0.4) is 0 Å². The number of benzene rings is 1. The first kappa shape index (κ1) is 23.1. The monoisotopic (exact) mass is 465 g/mol. The molecule has 2 aliphatic rings. The molecule has 0 spiro atoms. The lowest BCUT2D eigenvalue weighted by atomic mass is 9.94. The highest BCUT2D eigenvalue weighted by molar-refractivity contribution is 6.07. The number of hydrogen-bond donors (Lipinski definition) is 2. The van der Waals surface area contributed by atoms with Crippen molar-refractivity contribution in [1.82, 2.24) is 25.0 Å². The molecule has 1 amide bonds. The number of nitrogens with zero attached hydrogens (tertiary/aromatic N) is 3. The van der Waals surface area contributed by atoms with Crippen LogP contribution in [0.1, 0.15) is 66.9 Å². The SMILES string of the molecule is Cc1cc2[nH]c(=O)c3cnn(C4CCOCC4)c3c2cc1C(=O)NCCN(C)C1CCCCC1. The van der Waals surface area contributed by atoms with Gasteiger partial charge in [0.05, 0.1) is 28.7 Å².